The standard InChI is InChI=1S/C12H10I.C5H8O4/c1-3-7-11(8-4-1)13-12-9-5-2-6-10-12;1-2-3(4(6)7)5(8)9/h1-10H;3H,2H2,1H3,(H,6,7)(H,8,9)/q+1;/p-1. The van der Waals surface area contributed by atoms with Crippen molar-refractivity contribution in [3.8, 4) is 0 Å². The first-order valence-corrected chi connectivity index (χ1v) is 8.89. The maximum Gasteiger partial charge on any atom is 0.357 e. The van der Waals surface area contributed by atoms with E-state index in [0.717, 1.165) is 0 Å². The molecule has 0 heterocycles. The molecule has 0 saturated heterocycles. The van der Waals surface area contributed by atoms with Gasteiger partial charge in [-0.15, -0.1) is 0 Å². The minimum atomic E-state index is -1.52. The van der Waals surface area contributed by atoms with Crippen molar-refractivity contribution < 1.29 is 41.0 Å². The second-order valence-corrected chi connectivity index (χ2v) is 7.33. The van der Waals surface area contributed by atoms with Crippen molar-refractivity contribution in [3.05, 3.63) is 67.8 Å². The van der Waals surface area contributed by atoms with Gasteiger partial charge in [-0.3, -0.25) is 4.79 Å². The number of carbonyl (C=O) groups is 2. The molecule has 0 bridgehead atoms. The predicted molar refractivity (Wildman–Crippen MR) is 76.7 cm³/mol. The Bertz CT molecular complexity index is 533. The molecule has 2 aromatic carbocycles. The highest BCUT2D eigenvalue weighted by Crippen LogP contribution is 1.99. The minimum absolute atomic E-state index is 0.0287. The van der Waals surface area contributed by atoms with Crippen molar-refractivity contribution in [1.29, 1.82) is 0 Å². The lowest BCUT2D eigenvalue weighted by Gasteiger charge is -2.08. The zero-order chi connectivity index (χ0) is 16.4. The average Bonchev–Trinajstić information content (AvgIpc) is 2.50. The summed E-state index contributed by atoms with van der Waals surface area (Å²) in [7, 11) is 0. The van der Waals surface area contributed by atoms with Crippen LogP contribution in [0.1, 0.15) is 13.3 Å². The van der Waals surface area contributed by atoms with Gasteiger partial charge in [-0.25, -0.2) is 0 Å². The average molecular weight is 412 g/mol. The molecule has 0 spiro atoms. The van der Waals surface area contributed by atoms with E-state index in [-0.39, 0.29) is 27.6 Å². The van der Waals surface area contributed by atoms with Crippen molar-refractivity contribution in [2.75, 3.05) is 0 Å². The number of halogens is 1. The molecule has 0 fully saturated rings. The van der Waals surface area contributed by atoms with E-state index >= 15 is 0 Å². The molecule has 1 unspecified atom stereocenters. The molecule has 0 amide bonds. The second-order valence-electron chi connectivity index (χ2n) is 4.30. The Morgan fingerprint density at radius 3 is 1.64 bits per heavy atom. The van der Waals surface area contributed by atoms with Crippen LogP contribution in [0.25, 0.3) is 0 Å². The van der Waals surface area contributed by atoms with Crippen molar-refractivity contribution in [2.24, 2.45) is 5.92 Å². The van der Waals surface area contributed by atoms with Gasteiger partial charge in [0.05, 0.1) is 11.9 Å². The van der Waals surface area contributed by atoms with E-state index in [2.05, 4.69) is 60.7 Å². The van der Waals surface area contributed by atoms with Crippen LogP contribution < -0.4 is 26.3 Å². The summed E-state index contributed by atoms with van der Waals surface area (Å²) in [5, 5.41) is 18.0. The summed E-state index contributed by atoms with van der Waals surface area (Å²) in [5.74, 6) is -4.22. The monoisotopic (exact) mass is 412 g/mol. The highest BCUT2D eigenvalue weighted by atomic mass is 127. The molecule has 2 aromatic rings. The van der Waals surface area contributed by atoms with Gasteiger partial charge in [-0.2, -0.15) is 0 Å². The molecule has 2 rings (SSSR count). The lowest BCUT2D eigenvalue weighted by molar-refractivity contribution is -0.597. The number of rotatable bonds is 5. The molecule has 0 aromatic heterocycles. The van der Waals surface area contributed by atoms with E-state index in [0.29, 0.717) is 0 Å². The van der Waals surface area contributed by atoms with Crippen LogP contribution in [0.5, 0.6) is 0 Å². The van der Waals surface area contributed by atoms with Gasteiger partial charge >= 0.3 is 27.2 Å². The Morgan fingerprint density at radius 2 is 1.41 bits per heavy atom. The summed E-state index contributed by atoms with van der Waals surface area (Å²) in [6.07, 6.45) is 0.0671. The zero-order valence-corrected chi connectivity index (χ0v) is 14.3. The third kappa shape index (κ3) is 6.71. The molecule has 0 aliphatic carbocycles. The van der Waals surface area contributed by atoms with E-state index in [9.17, 15) is 14.7 Å². The third-order valence-corrected chi connectivity index (χ3v) is 5.36. The number of carboxylic acid groups (broad SMARTS) is 2. The van der Waals surface area contributed by atoms with E-state index in [1.807, 2.05) is 0 Å². The summed E-state index contributed by atoms with van der Waals surface area (Å²) < 4.78 is 2.96. The largest absolute Gasteiger partial charge is 0.549 e. The highest BCUT2D eigenvalue weighted by molar-refractivity contribution is 5.91. The maximum absolute atomic E-state index is 9.95. The summed E-state index contributed by atoms with van der Waals surface area (Å²) >= 11 is 0.0287. The van der Waals surface area contributed by atoms with Gasteiger partial charge < -0.3 is 15.0 Å². The molecule has 0 aliphatic heterocycles. The fraction of sp³-hybridized carbons (Fsp3) is 0.176. The number of carboxylic acids is 2. The molecule has 0 saturated carbocycles. The highest BCUT2D eigenvalue weighted by Gasteiger charge is 2.15. The Labute approximate surface area is 140 Å². The number of carbonyl (C=O) groups excluding carboxylic acids is 1. The third-order valence-electron chi connectivity index (χ3n) is 2.68. The van der Waals surface area contributed by atoms with Gasteiger partial charge in [0, 0.05) is 0 Å². The molecule has 0 aliphatic rings. The lowest BCUT2D eigenvalue weighted by Crippen LogP contribution is -3.61. The molecule has 4 nitrogen and oxygen atoms in total. The molecular formula is C17H17IO4. The van der Waals surface area contributed by atoms with E-state index < -0.39 is 17.9 Å². The smallest absolute Gasteiger partial charge is 0.357 e. The van der Waals surface area contributed by atoms with E-state index in [1.54, 1.807) is 0 Å². The van der Waals surface area contributed by atoms with Gasteiger partial charge in [-0.05, 0) is 30.7 Å². The Hall–Kier alpha value is -1.89. The quantitative estimate of drug-likeness (QED) is 0.488. The zero-order valence-electron chi connectivity index (χ0n) is 12.1. The molecular weight excluding hydrogens is 395 g/mol. The molecule has 1 atom stereocenters. The van der Waals surface area contributed by atoms with Crippen LogP contribution >= 0.6 is 0 Å². The van der Waals surface area contributed by atoms with Gasteiger partial charge in [0.15, 0.2) is 7.14 Å². The summed E-state index contributed by atoms with van der Waals surface area (Å²) in [5.41, 5.74) is 0. The van der Waals surface area contributed by atoms with Crippen molar-refractivity contribution in [3.63, 3.8) is 0 Å². The number of benzene rings is 2. The SMILES string of the molecule is CCC(C(=O)[O-])C(=O)O.c1ccc([I+]c2ccccc2)cc1. The second kappa shape index (κ2) is 9.94. The molecule has 22 heavy (non-hydrogen) atoms. The summed E-state index contributed by atoms with van der Waals surface area (Å²) in [4.78, 5) is 19.8. The van der Waals surface area contributed by atoms with Crippen molar-refractivity contribution >= 4 is 11.9 Å². The fourth-order valence-corrected chi connectivity index (χ4v) is 3.79. The van der Waals surface area contributed by atoms with Gasteiger partial charge in [-0.1, -0.05) is 43.3 Å². The van der Waals surface area contributed by atoms with Crippen LogP contribution in [-0.2, 0) is 9.59 Å². The van der Waals surface area contributed by atoms with E-state index in [4.69, 9.17) is 5.11 Å². The Balaban J connectivity index is 0.000000239. The fourth-order valence-electron chi connectivity index (χ4n) is 1.52. The van der Waals surface area contributed by atoms with Gasteiger partial charge in [0.2, 0.25) is 0 Å². The summed E-state index contributed by atoms with van der Waals surface area (Å²) in [6.45, 7) is 1.48. The molecule has 5 heteroatoms. The molecule has 116 valence electrons. The first-order chi connectivity index (χ1) is 10.5. The molecule has 0 radical (unpaired) electrons. The Kier molecular flexibility index (Phi) is 8.21. The van der Waals surface area contributed by atoms with Crippen LogP contribution in [0.15, 0.2) is 60.7 Å². The minimum Gasteiger partial charge on any atom is -0.549 e. The first kappa shape index (κ1) is 18.2. The van der Waals surface area contributed by atoms with Crippen LogP contribution in [0.2, 0.25) is 0 Å². The topological polar surface area (TPSA) is 77.4 Å². The van der Waals surface area contributed by atoms with E-state index in [1.165, 1.54) is 14.1 Å². The van der Waals surface area contributed by atoms with Crippen LogP contribution in [0, 0.1) is 13.1 Å². The number of hydrogen-bond acceptors (Lipinski definition) is 3. The number of hydrogen-bond donors (Lipinski definition) is 1. The van der Waals surface area contributed by atoms with Crippen LogP contribution in [0.3, 0.4) is 0 Å². The van der Waals surface area contributed by atoms with Crippen molar-refractivity contribution in [2.45, 2.75) is 13.3 Å². The van der Waals surface area contributed by atoms with Gasteiger partial charge in [0.1, 0.15) is 0 Å². The van der Waals surface area contributed by atoms with Crippen LogP contribution in [0.4, 0.5) is 0 Å². The van der Waals surface area contributed by atoms with Crippen molar-refractivity contribution in [1.82, 2.24) is 0 Å². The summed E-state index contributed by atoms with van der Waals surface area (Å²) in [6, 6.07) is 21.4. The molecule has 1 N–H and O–H groups in total. The lowest BCUT2D eigenvalue weighted by atomic mass is 10.1. The maximum atomic E-state index is 9.95. The van der Waals surface area contributed by atoms with Crippen LogP contribution in [-0.4, -0.2) is 17.0 Å². The Morgan fingerprint density at radius 1 is 1.00 bits per heavy atom. The predicted octanol–water partition coefficient (Wildman–Crippen LogP) is -1.34. The van der Waals surface area contributed by atoms with Gasteiger partial charge in [0.25, 0.3) is 0 Å². The normalized spacial score (nSPS) is 11.0. The first-order valence-electron chi connectivity index (χ1n) is 6.73. The number of aliphatic carboxylic acids is 2.